The number of rotatable bonds is 7. The van der Waals surface area contributed by atoms with Crippen molar-refractivity contribution in [3.8, 4) is 44.5 Å². The summed E-state index contributed by atoms with van der Waals surface area (Å²) in [5, 5.41) is 6.85. The van der Waals surface area contributed by atoms with E-state index in [2.05, 4.69) is 205 Å². The normalized spacial score (nSPS) is 11.6. The molecule has 0 aliphatic carbocycles. The Labute approximate surface area is 353 Å². The molecule has 3 heteroatoms. The molecule has 0 saturated carbocycles. The van der Waals surface area contributed by atoms with Gasteiger partial charge in [-0.15, -0.1) is 0 Å². The number of para-hydroxylation sites is 2. The predicted octanol–water partition coefficient (Wildman–Crippen LogP) is 16.8. The topological polar surface area (TPSA) is 29.5 Å². The van der Waals surface area contributed by atoms with Crippen LogP contribution >= 0.6 is 0 Å². The van der Waals surface area contributed by atoms with Gasteiger partial charge in [0, 0.05) is 27.5 Å². The molecule has 0 N–H and O–H groups in total. The van der Waals surface area contributed by atoms with Crippen molar-refractivity contribution in [1.82, 2.24) is 0 Å². The van der Waals surface area contributed by atoms with Gasteiger partial charge in [0.25, 0.3) is 0 Å². The van der Waals surface area contributed by atoms with Gasteiger partial charge in [0.15, 0.2) is 0 Å². The molecule has 0 aliphatic rings. The molecule has 0 unspecified atom stereocenters. The first-order valence-electron chi connectivity index (χ1n) is 20.7. The molecule has 0 saturated heterocycles. The van der Waals surface area contributed by atoms with Gasteiger partial charge in [-0.3, -0.25) is 0 Å². The lowest BCUT2D eigenvalue weighted by atomic mass is 9.90. The first-order chi connectivity index (χ1) is 30.2. The average molecular weight is 780 g/mol. The maximum absolute atomic E-state index is 6.43. The molecule has 12 rings (SSSR count). The summed E-state index contributed by atoms with van der Waals surface area (Å²) in [6, 6.07) is 80.1. The molecule has 0 aliphatic heterocycles. The van der Waals surface area contributed by atoms with Crippen molar-refractivity contribution in [2.24, 2.45) is 0 Å². The quantitative estimate of drug-likeness (QED) is 0.161. The molecule has 3 nitrogen and oxygen atoms in total. The Morgan fingerprint density at radius 3 is 1.61 bits per heavy atom. The van der Waals surface area contributed by atoms with E-state index in [9.17, 15) is 0 Å². The fourth-order valence-corrected chi connectivity index (χ4v) is 9.17. The van der Waals surface area contributed by atoms with Crippen LogP contribution in [0.1, 0.15) is 0 Å². The molecule has 0 fully saturated rings. The fourth-order valence-electron chi connectivity index (χ4n) is 9.17. The Morgan fingerprint density at radius 1 is 0.279 bits per heavy atom. The molecule has 10 aromatic carbocycles. The highest BCUT2D eigenvalue weighted by molar-refractivity contribution is 6.19. The van der Waals surface area contributed by atoms with E-state index in [0.29, 0.717) is 0 Å². The monoisotopic (exact) mass is 779 g/mol. The minimum Gasteiger partial charge on any atom is -0.456 e. The Kier molecular flexibility index (Phi) is 8.17. The van der Waals surface area contributed by atoms with Gasteiger partial charge in [0.05, 0.1) is 11.1 Å². The van der Waals surface area contributed by atoms with Gasteiger partial charge in [-0.05, 0) is 122 Å². The predicted molar refractivity (Wildman–Crippen MR) is 255 cm³/mol. The lowest BCUT2D eigenvalue weighted by molar-refractivity contribution is 0.668. The molecular weight excluding hydrogens is 743 g/mol. The van der Waals surface area contributed by atoms with Crippen LogP contribution in [0.5, 0.6) is 0 Å². The number of fused-ring (bicyclic) bond motifs is 8. The summed E-state index contributed by atoms with van der Waals surface area (Å²) in [6.07, 6.45) is 0. The number of anilines is 3. The molecule has 0 radical (unpaired) electrons. The maximum Gasteiger partial charge on any atom is 0.137 e. The zero-order valence-electron chi connectivity index (χ0n) is 33.1. The highest BCUT2D eigenvalue weighted by Gasteiger charge is 2.21. The minimum absolute atomic E-state index is 0.859. The number of nitrogens with zero attached hydrogens (tertiary/aromatic N) is 1. The number of benzene rings is 10. The third-order valence-corrected chi connectivity index (χ3v) is 12.1. The Morgan fingerprint density at radius 2 is 0.836 bits per heavy atom. The van der Waals surface area contributed by atoms with Crippen LogP contribution in [0.3, 0.4) is 0 Å². The standard InChI is InChI=1S/C58H37NO2/c1-3-13-38(14-4-1)39-27-31-45(32-28-39)59(52-21-12-24-55-58(52)49-20-8-10-23-54(49)60-55)46-18-11-17-44(35-46)47-33-29-43(36-50(47)40-15-5-2-6-16-40)42-26-25-41-30-34-56-57(51(41)37-42)48-19-7-9-22-53(48)61-56/h1-37H. The van der Waals surface area contributed by atoms with Crippen molar-refractivity contribution in [3.63, 3.8) is 0 Å². The van der Waals surface area contributed by atoms with Gasteiger partial charge in [-0.25, -0.2) is 0 Å². The third kappa shape index (κ3) is 5.98. The van der Waals surface area contributed by atoms with Crippen LogP contribution in [0, 0.1) is 0 Å². The fraction of sp³-hybridized carbons (Fsp3) is 0. The van der Waals surface area contributed by atoms with E-state index in [1.54, 1.807) is 0 Å². The smallest absolute Gasteiger partial charge is 0.137 e. The summed E-state index contributed by atoms with van der Waals surface area (Å²) in [7, 11) is 0. The van der Waals surface area contributed by atoms with Crippen LogP contribution in [-0.2, 0) is 0 Å². The molecule has 61 heavy (non-hydrogen) atoms. The van der Waals surface area contributed by atoms with Crippen LogP contribution in [0.15, 0.2) is 233 Å². The zero-order valence-corrected chi connectivity index (χ0v) is 33.1. The van der Waals surface area contributed by atoms with Gasteiger partial charge >= 0.3 is 0 Å². The van der Waals surface area contributed by atoms with Crippen LogP contribution < -0.4 is 4.90 Å². The van der Waals surface area contributed by atoms with Gasteiger partial charge in [-0.1, -0.05) is 158 Å². The molecule has 2 aromatic heterocycles. The van der Waals surface area contributed by atoms with Crippen LogP contribution in [0.2, 0.25) is 0 Å². The highest BCUT2D eigenvalue weighted by atomic mass is 16.3. The number of hydrogen-bond acceptors (Lipinski definition) is 3. The zero-order chi connectivity index (χ0) is 40.3. The lowest BCUT2D eigenvalue weighted by Gasteiger charge is -2.27. The van der Waals surface area contributed by atoms with Crippen LogP contribution in [0.25, 0.3) is 99.2 Å². The second kappa shape index (κ2) is 14.3. The SMILES string of the molecule is c1ccc(-c2ccc(N(c3cccc(-c4ccc(-c5ccc6ccc7oc8ccccc8c7c6c5)cc4-c4ccccc4)c3)c3cccc4oc5ccccc5c34)cc2)cc1. The number of furan rings is 2. The summed E-state index contributed by atoms with van der Waals surface area (Å²) in [5.74, 6) is 0. The van der Waals surface area contributed by atoms with Gasteiger partial charge in [0.2, 0.25) is 0 Å². The average Bonchev–Trinajstić information content (AvgIpc) is 3.92. The molecule has 286 valence electrons. The summed E-state index contributed by atoms with van der Waals surface area (Å²) >= 11 is 0. The van der Waals surface area contributed by atoms with Gasteiger partial charge in [0.1, 0.15) is 22.3 Å². The van der Waals surface area contributed by atoms with E-state index >= 15 is 0 Å². The minimum atomic E-state index is 0.859. The summed E-state index contributed by atoms with van der Waals surface area (Å²) in [6.45, 7) is 0. The first kappa shape index (κ1) is 34.9. The van der Waals surface area contributed by atoms with Crippen molar-refractivity contribution in [1.29, 1.82) is 0 Å². The van der Waals surface area contributed by atoms with Crippen molar-refractivity contribution >= 4 is 71.7 Å². The molecule has 0 atom stereocenters. The summed E-state index contributed by atoms with van der Waals surface area (Å²) < 4.78 is 12.7. The Balaban J connectivity index is 1.02. The van der Waals surface area contributed by atoms with Crippen molar-refractivity contribution in [2.45, 2.75) is 0 Å². The Bertz CT molecular complexity index is 3580. The molecular formula is C58H37NO2. The molecule has 0 bridgehead atoms. The molecule has 0 spiro atoms. The van der Waals surface area contributed by atoms with Crippen molar-refractivity contribution in [3.05, 3.63) is 224 Å². The first-order valence-corrected chi connectivity index (χ1v) is 20.7. The third-order valence-electron chi connectivity index (χ3n) is 12.1. The van der Waals surface area contributed by atoms with Crippen molar-refractivity contribution < 1.29 is 8.83 Å². The highest BCUT2D eigenvalue weighted by Crippen LogP contribution is 2.45. The van der Waals surface area contributed by atoms with Gasteiger partial charge < -0.3 is 13.7 Å². The summed E-state index contributed by atoms with van der Waals surface area (Å²) in [5.41, 5.74) is 16.0. The van der Waals surface area contributed by atoms with E-state index in [4.69, 9.17) is 8.83 Å². The second-order valence-corrected chi connectivity index (χ2v) is 15.6. The molecule has 2 heterocycles. The largest absolute Gasteiger partial charge is 0.456 e. The Hall–Kier alpha value is -8.14. The van der Waals surface area contributed by atoms with E-state index in [1.807, 2.05) is 24.3 Å². The molecule has 0 amide bonds. The van der Waals surface area contributed by atoms with E-state index in [0.717, 1.165) is 88.8 Å². The number of hydrogen-bond donors (Lipinski definition) is 0. The maximum atomic E-state index is 6.43. The van der Waals surface area contributed by atoms with Crippen LogP contribution in [-0.4, -0.2) is 0 Å². The van der Waals surface area contributed by atoms with Gasteiger partial charge in [-0.2, -0.15) is 0 Å². The van der Waals surface area contributed by atoms with E-state index < -0.39 is 0 Å². The van der Waals surface area contributed by atoms with Crippen molar-refractivity contribution in [2.75, 3.05) is 4.90 Å². The van der Waals surface area contributed by atoms with E-state index in [1.165, 1.54) is 27.5 Å². The van der Waals surface area contributed by atoms with Crippen LogP contribution in [0.4, 0.5) is 17.1 Å². The second-order valence-electron chi connectivity index (χ2n) is 15.6. The molecule has 12 aromatic rings. The van der Waals surface area contributed by atoms with E-state index in [-0.39, 0.29) is 0 Å². The summed E-state index contributed by atoms with van der Waals surface area (Å²) in [4.78, 5) is 2.37. The lowest BCUT2D eigenvalue weighted by Crippen LogP contribution is -2.10.